The Morgan fingerprint density at radius 1 is 1.53 bits per heavy atom. The minimum absolute atomic E-state index is 0.103. The lowest BCUT2D eigenvalue weighted by Gasteiger charge is -2.08. The maximum Gasteiger partial charge on any atom is 0.305 e. The standard InChI is InChI=1S/C13H17NO3/c1-17-12(15)5-4-8-2-3-9-6-10(14)7-11(9)13(8)16/h2-3,10,16H,4-7,14H2,1H3. The number of aryl methyl sites for hydroxylation is 1. The SMILES string of the molecule is COC(=O)CCc1ccc2c(c1O)CC(N)C2. The lowest BCUT2D eigenvalue weighted by Crippen LogP contribution is -2.19. The zero-order valence-electron chi connectivity index (χ0n) is 9.90. The number of phenolic OH excluding ortho intramolecular Hbond substituents is 1. The first-order valence-corrected chi connectivity index (χ1v) is 5.76. The molecule has 4 nitrogen and oxygen atoms in total. The molecule has 1 aliphatic carbocycles. The van der Waals surface area contributed by atoms with Gasteiger partial charge in [0.2, 0.25) is 0 Å². The molecule has 2 rings (SSSR count). The maximum absolute atomic E-state index is 11.1. The van der Waals surface area contributed by atoms with Crippen molar-refractivity contribution in [1.82, 2.24) is 0 Å². The fourth-order valence-corrected chi connectivity index (χ4v) is 2.30. The summed E-state index contributed by atoms with van der Waals surface area (Å²) in [7, 11) is 1.36. The van der Waals surface area contributed by atoms with Gasteiger partial charge in [-0.15, -0.1) is 0 Å². The van der Waals surface area contributed by atoms with Crippen molar-refractivity contribution in [3.63, 3.8) is 0 Å². The molecule has 1 aromatic carbocycles. The molecule has 17 heavy (non-hydrogen) atoms. The van der Waals surface area contributed by atoms with Crippen LogP contribution < -0.4 is 5.73 Å². The van der Waals surface area contributed by atoms with Crippen LogP contribution in [0, 0.1) is 0 Å². The van der Waals surface area contributed by atoms with Crippen LogP contribution in [0.1, 0.15) is 23.1 Å². The lowest BCUT2D eigenvalue weighted by molar-refractivity contribution is -0.140. The van der Waals surface area contributed by atoms with Crippen LogP contribution in [0.15, 0.2) is 12.1 Å². The Balaban J connectivity index is 2.15. The number of esters is 1. The van der Waals surface area contributed by atoms with Crippen LogP contribution in [-0.2, 0) is 28.8 Å². The molecular weight excluding hydrogens is 218 g/mol. The molecule has 1 aliphatic rings. The molecule has 0 radical (unpaired) electrons. The van der Waals surface area contributed by atoms with E-state index in [1.54, 1.807) is 0 Å². The number of carbonyl (C=O) groups is 1. The number of carbonyl (C=O) groups excluding carboxylic acids is 1. The van der Waals surface area contributed by atoms with Crippen LogP contribution in [0.2, 0.25) is 0 Å². The van der Waals surface area contributed by atoms with Gasteiger partial charge in [0.05, 0.1) is 7.11 Å². The van der Waals surface area contributed by atoms with Crippen molar-refractivity contribution in [2.75, 3.05) is 7.11 Å². The van der Waals surface area contributed by atoms with E-state index in [-0.39, 0.29) is 18.4 Å². The first-order chi connectivity index (χ1) is 8.11. The van der Waals surface area contributed by atoms with E-state index >= 15 is 0 Å². The van der Waals surface area contributed by atoms with Crippen LogP contribution in [0.5, 0.6) is 5.75 Å². The van der Waals surface area contributed by atoms with Gasteiger partial charge < -0.3 is 15.6 Å². The molecule has 4 heteroatoms. The maximum atomic E-state index is 11.1. The normalized spacial score (nSPS) is 17.9. The Labute approximate surface area is 100 Å². The molecule has 0 fully saturated rings. The Kier molecular flexibility index (Phi) is 3.33. The number of methoxy groups -OCH3 is 1. The van der Waals surface area contributed by atoms with Gasteiger partial charge in [-0.2, -0.15) is 0 Å². The minimum Gasteiger partial charge on any atom is -0.507 e. The Morgan fingerprint density at radius 2 is 2.29 bits per heavy atom. The topological polar surface area (TPSA) is 72.5 Å². The van der Waals surface area contributed by atoms with Gasteiger partial charge in [-0.05, 0) is 36.0 Å². The average Bonchev–Trinajstić information content (AvgIpc) is 2.69. The number of rotatable bonds is 3. The third-order valence-corrected chi connectivity index (χ3v) is 3.24. The largest absolute Gasteiger partial charge is 0.507 e. The van der Waals surface area contributed by atoms with E-state index < -0.39 is 0 Å². The number of fused-ring (bicyclic) bond motifs is 1. The molecule has 0 saturated heterocycles. The lowest BCUT2D eigenvalue weighted by atomic mass is 10.0. The quantitative estimate of drug-likeness (QED) is 0.764. The summed E-state index contributed by atoms with van der Waals surface area (Å²) in [6.07, 6.45) is 2.32. The van der Waals surface area contributed by atoms with Crippen LogP contribution in [-0.4, -0.2) is 24.2 Å². The van der Waals surface area contributed by atoms with Crippen LogP contribution >= 0.6 is 0 Å². The van der Waals surface area contributed by atoms with Crippen molar-refractivity contribution in [2.24, 2.45) is 5.73 Å². The minimum atomic E-state index is -0.262. The number of phenols is 1. The Bertz CT molecular complexity index is 443. The Hall–Kier alpha value is -1.55. The van der Waals surface area contributed by atoms with Gasteiger partial charge in [-0.25, -0.2) is 0 Å². The van der Waals surface area contributed by atoms with Crippen molar-refractivity contribution in [2.45, 2.75) is 31.7 Å². The summed E-state index contributed by atoms with van der Waals surface area (Å²) in [4.78, 5) is 11.1. The highest BCUT2D eigenvalue weighted by Crippen LogP contribution is 2.33. The molecule has 1 atom stereocenters. The third-order valence-electron chi connectivity index (χ3n) is 3.24. The molecule has 92 valence electrons. The second-order valence-corrected chi connectivity index (χ2v) is 4.46. The van der Waals surface area contributed by atoms with Crippen molar-refractivity contribution < 1.29 is 14.6 Å². The zero-order chi connectivity index (χ0) is 12.4. The summed E-state index contributed by atoms with van der Waals surface area (Å²) in [6.45, 7) is 0. The number of ether oxygens (including phenoxy) is 1. The van der Waals surface area contributed by atoms with Crippen molar-refractivity contribution in [3.8, 4) is 5.75 Å². The highest BCUT2D eigenvalue weighted by atomic mass is 16.5. The van der Waals surface area contributed by atoms with Gasteiger partial charge in [-0.1, -0.05) is 12.1 Å². The summed E-state index contributed by atoms with van der Waals surface area (Å²) in [5.41, 5.74) is 8.72. The molecule has 0 saturated carbocycles. The highest BCUT2D eigenvalue weighted by molar-refractivity contribution is 5.69. The molecule has 0 spiro atoms. The molecule has 0 amide bonds. The molecule has 0 heterocycles. The smallest absolute Gasteiger partial charge is 0.305 e. The van der Waals surface area contributed by atoms with Crippen LogP contribution in [0.4, 0.5) is 0 Å². The predicted molar refractivity (Wildman–Crippen MR) is 63.8 cm³/mol. The second-order valence-electron chi connectivity index (χ2n) is 4.46. The average molecular weight is 235 g/mol. The molecule has 0 bridgehead atoms. The third kappa shape index (κ3) is 2.42. The van der Waals surface area contributed by atoms with E-state index in [0.29, 0.717) is 18.6 Å². The van der Waals surface area contributed by atoms with Gasteiger partial charge in [0.1, 0.15) is 5.75 Å². The fraction of sp³-hybridized carbons (Fsp3) is 0.462. The number of hydrogen-bond acceptors (Lipinski definition) is 4. The number of aromatic hydroxyl groups is 1. The van der Waals surface area contributed by atoms with Gasteiger partial charge in [0, 0.05) is 12.5 Å². The highest BCUT2D eigenvalue weighted by Gasteiger charge is 2.22. The van der Waals surface area contributed by atoms with E-state index in [0.717, 1.165) is 23.1 Å². The summed E-state index contributed by atoms with van der Waals surface area (Å²) >= 11 is 0. The van der Waals surface area contributed by atoms with Crippen LogP contribution in [0.25, 0.3) is 0 Å². The molecule has 0 aromatic heterocycles. The van der Waals surface area contributed by atoms with E-state index in [4.69, 9.17) is 5.73 Å². The monoisotopic (exact) mass is 235 g/mol. The molecule has 1 unspecified atom stereocenters. The number of benzene rings is 1. The molecule has 0 aliphatic heterocycles. The summed E-state index contributed by atoms with van der Waals surface area (Å²) < 4.78 is 4.58. The predicted octanol–water partition coefficient (Wildman–Crippen LogP) is 0.924. The Morgan fingerprint density at radius 3 is 3.00 bits per heavy atom. The van der Waals surface area contributed by atoms with Crippen molar-refractivity contribution in [3.05, 3.63) is 28.8 Å². The zero-order valence-corrected chi connectivity index (χ0v) is 9.90. The molecule has 1 aromatic rings. The fourth-order valence-electron chi connectivity index (χ4n) is 2.30. The van der Waals surface area contributed by atoms with E-state index in [1.165, 1.54) is 7.11 Å². The van der Waals surface area contributed by atoms with E-state index in [2.05, 4.69) is 4.74 Å². The summed E-state index contributed by atoms with van der Waals surface area (Å²) in [6, 6.07) is 3.97. The van der Waals surface area contributed by atoms with Gasteiger partial charge in [0.25, 0.3) is 0 Å². The second kappa shape index (κ2) is 4.75. The summed E-state index contributed by atoms with van der Waals surface area (Å²) in [5, 5.41) is 10.1. The number of hydrogen-bond donors (Lipinski definition) is 2. The first kappa shape index (κ1) is 11.9. The van der Waals surface area contributed by atoms with Gasteiger partial charge in [-0.3, -0.25) is 4.79 Å². The van der Waals surface area contributed by atoms with Gasteiger partial charge >= 0.3 is 5.97 Å². The number of nitrogens with two attached hydrogens (primary N) is 1. The van der Waals surface area contributed by atoms with Crippen molar-refractivity contribution >= 4 is 5.97 Å². The molecular formula is C13H17NO3. The van der Waals surface area contributed by atoms with Crippen LogP contribution in [0.3, 0.4) is 0 Å². The molecule has 3 N–H and O–H groups in total. The van der Waals surface area contributed by atoms with Gasteiger partial charge in [0.15, 0.2) is 0 Å². The van der Waals surface area contributed by atoms with E-state index in [1.807, 2.05) is 12.1 Å². The van der Waals surface area contributed by atoms with Crippen molar-refractivity contribution in [1.29, 1.82) is 0 Å². The summed E-state index contributed by atoms with van der Waals surface area (Å²) in [5.74, 6) is 0.0425. The first-order valence-electron chi connectivity index (χ1n) is 5.76. The van der Waals surface area contributed by atoms with E-state index in [9.17, 15) is 9.90 Å².